The number of ketones is 1. The van der Waals surface area contributed by atoms with Gasteiger partial charge in [-0.3, -0.25) is 4.79 Å². The molecular weight excluding hydrogens is 178 g/mol. The maximum absolute atomic E-state index is 11.6. The third-order valence-corrected chi connectivity index (χ3v) is 2.39. The number of hydrogen-bond donors (Lipinski definition) is 0. The summed E-state index contributed by atoms with van der Waals surface area (Å²) in [5, 5.41) is 0. The molecule has 0 fully saturated rings. The van der Waals surface area contributed by atoms with E-state index in [0.29, 0.717) is 12.0 Å². The molecular formula is C11H17NO2. The van der Waals surface area contributed by atoms with Gasteiger partial charge in [-0.25, -0.2) is 0 Å². The van der Waals surface area contributed by atoms with Gasteiger partial charge < -0.3 is 9.32 Å². The van der Waals surface area contributed by atoms with Gasteiger partial charge in [0.25, 0.3) is 0 Å². The van der Waals surface area contributed by atoms with Crippen LogP contribution >= 0.6 is 0 Å². The van der Waals surface area contributed by atoms with Gasteiger partial charge in [0.05, 0.1) is 11.8 Å². The first-order valence-corrected chi connectivity index (χ1v) is 5.05. The van der Waals surface area contributed by atoms with Crippen LogP contribution in [0.4, 0.5) is 0 Å². The molecule has 0 aliphatic carbocycles. The molecule has 3 nitrogen and oxygen atoms in total. The number of Topliss-reactive ketones (excluding diaryl/α,β-unsaturated/α-hetero) is 1. The Hall–Kier alpha value is -1.09. The molecule has 0 bridgehead atoms. The highest BCUT2D eigenvalue weighted by Gasteiger charge is 2.08. The average molecular weight is 195 g/mol. The number of carbonyl (C=O) groups is 1. The quantitative estimate of drug-likeness (QED) is 0.652. The normalized spacial score (nSPS) is 10.8. The predicted octanol–water partition coefficient (Wildman–Crippen LogP) is 2.19. The SMILES string of the molecule is CCN(CC)CCC(=O)c1ccoc1. The average Bonchev–Trinajstić information content (AvgIpc) is 2.72. The molecule has 0 saturated carbocycles. The smallest absolute Gasteiger partial charge is 0.167 e. The first-order valence-electron chi connectivity index (χ1n) is 5.05. The van der Waals surface area contributed by atoms with Crippen LogP contribution in [0.2, 0.25) is 0 Å². The first-order chi connectivity index (χ1) is 6.77. The fraction of sp³-hybridized carbons (Fsp3) is 0.545. The van der Waals surface area contributed by atoms with Gasteiger partial charge in [-0.2, -0.15) is 0 Å². The van der Waals surface area contributed by atoms with Crippen LogP contribution in [-0.2, 0) is 0 Å². The Labute approximate surface area is 84.7 Å². The van der Waals surface area contributed by atoms with Crippen LogP contribution in [0.15, 0.2) is 23.0 Å². The van der Waals surface area contributed by atoms with E-state index < -0.39 is 0 Å². The van der Waals surface area contributed by atoms with E-state index in [1.165, 1.54) is 12.5 Å². The third kappa shape index (κ3) is 3.00. The maximum Gasteiger partial charge on any atom is 0.167 e. The molecule has 0 unspecified atom stereocenters. The van der Waals surface area contributed by atoms with Crippen molar-refractivity contribution in [1.82, 2.24) is 4.90 Å². The highest BCUT2D eigenvalue weighted by atomic mass is 16.3. The van der Waals surface area contributed by atoms with Gasteiger partial charge in [0.2, 0.25) is 0 Å². The zero-order valence-corrected chi connectivity index (χ0v) is 8.82. The second-order valence-electron chi connectivity index (χ2n) is 3.21. The summed E-state index contributed by atoms with van der Waals surface area (Å²) in [5.74, 6) is 0.158. The van der Waals surface area contributed by atoms with Crippen molar-refractivity contribution < 1.29 is 9.21 Å². The number of nitrogens with zero attached hydrogens (tertiary/aromatic N) is 1. The summed E-state index contributed by atoms with van der Waals surface area (Å²) in [4.78, 5) is 13.8. The van der Waals surface area contributed by atoms with E-state index in [1.807, 2.05) is 0 Å². The molecule has 0 spiro atoms. The zero-order valence-electron chi connectivity index (χ0n) is 8.82. The molecule has 0 aromatic carbocycles. The summed E-state index contributed by atoms with van der Waals surface area (Å²) in [5.41, 5.74) is 0.678. The Balaban J connectivity index is 2.35. The van der Waals surface area contributed by atoms with E-state index in [1.54, 1.807) is 6.07 Å². The molecule has 0 aliphatic heterocycles. The molecule has 0 N–H and O–H groups in total. The van der Waals surface area contributed by atoms with Crippen molar-refractivity contribution in [2.75, 3.05) is 19.6 Å². The molecule has 0 aliphatic rings. The molecule has 0 radical (unpaired) electrons. The topological polar surface area (TPSA) is 33.5 Å². The summed E-state index contributed by atoms with van der Waals surface area (Å²) in [6.07, 6.45) is 3.61. The Morgan fingerprint density at radius 2 is 2.14 bits per heavy atom. The Morgan fingerprint density at radius 1 is 1.43 bits per heavy atom. The van der Waals surface area contributed by atoms with Crippen LogP contribution in [0, 0.1) is 0 Å². The summed E-state index contributed by atoms with van der Waals surface area (Å²) in [6.45, 7) is 7.03. The second kappa shape index (κ2) is 5.60. The lowest BCUT2D eigenvalue weighted by Crippen LogP contribution is -2.25. The van der Waals surface area contributed by atoms with Crippen molar-refractivity contribution in [2.24, 2.45) is 0 Å². The van der Waals surface area contributed by atoms with Crippen molar-refractivity contribution in [3.63, 3.8) is 0 Å². The monoisotopic (exact) mass is 195 g/mol. The number of furan rings is 1. The molecule has 1 aromatic heterocycles. The van der Waals surface area contributed by atoms with Gasteiger partial charge in [-0.1, -0.05) is 13.8 Å². The van der Waals surface area contributed by atoms with Crippen molar-refractivity contribution in [3.8, 4) is 0 Å². The van der Waals surface area contributed by atoms with Crippen molar-refractivity contribution in [3.05, 3.63) is 24.2 Å². The van der Waals surface area contributed by atoms with Crippen LogP contribution < -0.4 is 0 Å². The lowest BCUT2D eigenvalue weighted by molar-refractivity contribution is 0.0966. The molecule has 1 aromatic rings. The minimum Gasteiger partial charge on any atom is -0.472 e. The van der Waals surface area contributed by atoms with E-state index >= 15 is 0 Å². The van der Waals surface area contributed by atoms with E-state index in [2.05, 4.69) is 18.7 Å². The maximum atomic E-state index is 11.6. The summed E-state index contributed by atoms with van der Waals surface area (Å²) in [7, 11) is 0. The van der Waals surface area contributed by atoms with Gasteiger partial charge in [0.1, 0.15) is 6.26 Å². The van der Waals surface area contributed by atoms with Gasteiger partial charge >= 0.3 is 0 Å². The standard InChI is InChI=1S/C11H17NO2/c1-3-12(4-2)7-5-11(13)10-6-8-14-9-10/h6,8-9H,3-5,7H2,1-2H3. The molecule has 1 rings (SSSR count). The van der Waals surface area contributed by atoms with Crippen LogP contribution in [0.3, 0.4) is 0 Å². The van der Waals surface area contributed by atoms with Crippen LogP contribution in [0.1, 0.15) is 30.6 Å². The number of rotatable bonds is 6. The van der Waals surface area contributed by atoms with Gasteiger partial charge in [0, 0.05) is 13.0 Å². The summed E-state index contributed by atoms with van der Waals surface area (Å²) < 4.78 is 4.86. The fourth-order valence-electron chi connectivity index (χ4n) is 1.37. The van der Waals surface area contributed by atoms with Crippen molar-refractivity contribution in [2.45, 2.75) is 20.3 Å². The molecule has 0 saturated heterocycles. The summed E-state index contributed by atoms with van der Waals surface area (Å²) in [6, 6.07) is 1.71. The lowest BCUT2D eigenvalue weighted by Gasteiger charge is -2.16. The highest BCUT2D eigenvalue weighted by molar-refractivity contribution is 5.95. The van der Waals surface area contributed by atoms with Gasteiger partial charge in [-0.15, -0.1) is 0 Å². The van der Waals surface area contributed by atoms with Crippen molar-refractivity contribution >= 4 is 5.78 Å². The van der Waals surface area contributed by atoms with E-state index in [4.69, 9.17) is 4.42 Å². The lowest BCUT2D eigenvalue weighted by atomic mass is 10.1. The Kier molecular flexibility index (Phi) is 4.40. The van der Waals surface area contributed by atoms with Crippen LogP contribution in [0.25, 0.3) is 0 Å². The molecule has 1 heterocycles. The number of hydrogen-bond acceptors (Lipinski definition) is 3. The highest BCUT2D eigenvalue weighted by Crippen LogP contribution is 2.04. The number of carbonyl (C=O) groups excluding carboxylic acids is 1. The van der Waals surface area contributed by atoms with Gasteiger partial charge in [0.15, 0.2) is 5.78 Å². The molecule has 0 atom stereocenters. The Morgan fingerprint density at radius 3 is 2.64 bits per heavy atom. The van der Waals surface area contributed by atoms with Crippen molar-refractivity contribution in [1.29, 1.82) is 0 Å². The van der Waals surface area contributed by atoms with Crippen LogP contribution in [0.5, 0.6) is 0 Å². The van der Waals surface area contributed by atoms with Crippen LogP contribution in [-0.4, -0.2) is 30.3 Å². The molecule has 14 heavy (non-hydrogen) atoms. The first kappa shape index (κ1) is 11.0. The van der Waals surface area contributed by atoms with Gasteiger partial charge in [-0.05, 0) is 19.2 Å². The fourth-order valence-corrected chi connectivity index (χ4v) is 1.37. The minimum atomic E-state index is 0.158. The third-order valence-electron chi connectivity index (χ3n) is 2.39. The molecule has 0 amide bonds. The second-order valence-corrected chi connectivity index (χ2v) is 3.21. The van der Waals surface area contributed by atoms with E-state index in [9.17, 15) is 4.79 Å². The Bertz CT molecular complexity index is 263. The minimum absolute atomic E-state index is 0.158. The van der Waals surface area contributed by atoms with E-state index in [0.717, 1.165) is 19.6 Å². The zero-order chi connectivity index (χ0) is 10.4. The molecule has 3 heteroatoms. The largest absolute Gasteiger partial charge is 0.472 e. The van der Waals surface area contributed by atoms with E-state index in [-0.39, 0.29) is 5.78 Å². The predicted molar refractivity (Wildman–Crippen MR) is 55.4 cm³/mol. The summed E-state index contributed by atoms with van der Waals surface area (Å²) >= 11 is 0. The molecule has 78 valence electrons.